The standard InChI is InChI=1S/C14H10I2O4.C14H10I2O3.2C14H11IO4.C13H9IO4.2C13H9IO3/c1-7-4-8(15)5-11(16)13(7)20-9-2-3-10(14(18)19)12(17)6-9;1-8-5-10(15)7-12(16)13(8)19-11-4-2-3-9(6-11)14(17)18;1-8-6-9(15)2-5-13(8)19-10-3-4-11(14(17)18)12(16)7-10;1-8-4-9(15)6-11(5-8)19-10-2-3-12(14(17)18)13(16)7-10;14-8-1-3-9(4-2-8)18-10-5-6-11(13(16)17)12(15)7-10;14-10-4-6-11(7-5-10)17-12-3-1-2-9(8-12)13(15)16;14-9-5-7-10(8-6-9)17-12-4-2-1-3-11(12)13(15)16/h2-6,17H,1H3,(H,18,19);2-7H,1H3,(H,17,18);2*2-7,16H,1H3,(H,17,18);1-7,15H,(H,16,17);2*1-8H,(H,15,16). The lowest BCUT2D eigenvalue weighted by Crippen LogP contribution is -1.99. The van der Waals surface area contributed by atoms with Crippen molar-refractivity contribution in [3.8, 4) is 103 Å². The van der Waals surface area contributed by atoms with Crippen LogP contribution >= 0.6 is 203 Å². The molecular weight excluding hydrogens is 2680 g/mol. The van der Waals surface area contributed by atoms with Gasteiger partial charge in [0.2, 0.25) is 0 Å². The fourth-order valence-electron chi connectivity index (χ4n) is 10.7. The maximum Gasteiger partial charge on any atom is 0.339 e. The first kappa shape index (κ1) is 104. The molecule has 11 N–H and O–H groups in total. The van der Waals surface area contributed by atoms with Crippen LogP contribution in [0.2, 0.25) is 0 Å². The SMILES string of the molecule is Cc1cc(I)cc(I)c1Oc1ccc(C(=O)O)c(O)c1.Cc1cc(I)cc(I)c1Oc1cccc(C(=O)O)c1.Cc1cc(I)cc(Oc2ccc(C(=O)O)c(O)c2)c1.Cc1cc(I)ccc1Oc1ccc(C(=O)O)c(O)c1.O=C(O)c1ccc(Oc2ccc(I)cc2)cc1O.O=C(O)c1cccc(Oc2ccc(I)cc2)c1.O=C(O)c1ccccc1Oc1ccc(I)cc1. The second-order valence-electron chi connectivity index (χ2n) is 26.4. The zero-order valence-corrected chi connectivity index (χ0v) is 86.5. The van der Waals surface area contributed by atoms with Crippen LogP contribution in [0.4, 0.5) is 0 Å². The number of rotatable bonds is 21. The Kier molecular flexibility index (Phi) is 41.0. The lowest BCUT2D eigenvalue weighted by molar-refractivity contribution is 0.0682. The predicted octanol–water partition coefficient (Wildman–Crippen LogP) is 27.7. The van der Waals surface area contributed by atoms with Crippen LogP contribution in [0.1, 0.15) is 94.8 Å². The number of phenols is 4. The van der Waals surface area contributed by atoms with Crippen molar-refractivity contribution in [2.45, 2.75) is 27.7 Å². The lowest BCUT2D eigenvalue weighted by atomic mass is 10.2. The van der Waals surface area contributed by atoms with E-state index in [0.29, 0.717) is 74.7 Å². The van der Waals surface area contributed by atoms with Crippen LogP contribution in [0.25, 0.3) is 0 Å². The number of hydrogen-bond donors (Lipinski definition) is 11. The molecule has 0 aliphatic rings. The molecule has 0 radical (unpaired) electrons. The molecule has 0 aliphatic carbocycles. The van der Waals surface area contributed by atoms with E-state index in [4.69, 9.17) is 68.9 Å². The Morgan fingerprint density at radius 2 is 0.519 bits per heavy atom. The van der Waals surface area contributed by atoms with Gasteiger partial charge in [0.25, 0.3) is 0 Å². The maximum absolute atomic E-state index is 11.0. The van der Waals surface area contributed by atoms with Crippen LogP contribution in [0.15, 0.2) is 279 Å². The van der Waals surface area contributed by atoms with E-state index in [9.17, 15) is 54.0 Å². The molecule has 0 aliphatic heterocycles. The van der Waals surface area contributed by atoms with Crippen molar-refractivity contribution in [1.29, 1.82) is 0 Å². The van der Waals surface area contributed by atoms with E-state index in [1.165, 1.54) is 97.1 Å². The number of aromatic hydroxyl groups is 4. The van der Waals surface area contributed by atoms with E-state index in [1.807, 2.05) is 137 Å². The van der Waals surface area contributed by atoms with Gasteiger partial charge in [0.05, 0.1) is 18.3 Å². The molecule has 34 heteroatoms. The second-order valence-corrected chi connectivity index (χ2v) is 37.5. The number of ether oxygens (including phenoxy) is 7. The fraction of sp³-hybridized carbons (Fsp3) is 0.0421. The number of carboxylic acids is 7. The first-order valence-corrected chi connectivity index (χ1v) is 46.6. The van der Waals surface area contributed by atoms with Crippen LogP contribution in [-0.2, 0) is 0 Å². The van der Waals surface area contributed by atoms with Crippen LogP contribution in [0.5, 0.6) is 103 Å². The van der Waals surface area contributed by atoms with Gasteiger partial charge in [-0.1, -0.05) is 24.3 Å². The Bertz CT molecular complexity index is 6330. The monoisotopic (exact) mass is 2750 g/mol. The van der Waals surface area contributed by atoms with Gasteiger partial charge >= 0.3 is 41.8 Å². The molecule has 14 aromatic carbocycles. The average molecular weight is 2750 g/mol. The summed E-state index contributed by atoms with van der Waals surface area (Å²) in [5, 5.41) is 100. The Morgan fingerprint density at radius 3 is 0.868 bits per heavy atom. The highest BCUT2D eigenvalue weighted by atomic mass is 127. The van der Waals surface area contributed by atoms with Crippen molar-refractivity contribution in [3.05, 3.63) is 372 Å². The van der Waals surface area contributed by atoms with Crippen LogP contribution in [0, 0.1) is 59.8 Å². The van der Waals surface area contributed by atoms with Crippen LogP contribution in [-0.4, -0.2) is 98.0 Å². The quantitative estimate of drug-likeness (QED) is 0.0298. The topological polar surface area (TPSA) is 407 Å². The molecule has 25 nitrogen and oxygen atoms in total. The highest BCUT2D eigenvalue weighted by Gasteiger charge is 2.19. The largest absolute Gasteiger partial charge is 0.507 e. The van der Waals surface area contributed by atoms with Crippen molar-refractivity contribution >= 4 is 245 Å². The molecule has 0 bridgehead atoms. The van der Waals surface area contributed by atoms with Gasteiger partial charge < -0.3 is 89.3 Å². The summed E-state index contributed by atoms with van der Waals surface area (Å²) in [6.07, 6.45) is 0. The molecule has 0 aromatic heterocycles. The molecule has 0 amide bonds. The maximum atomic E-state index is 11.0. The molecule has 0 heterocycles. The van der Waals surface area contributed by atoms with Crippen molar-refractivity contribution < 1.29 is 123 Å². The van der Waals surface area contributed by atoms with Crippen molar-refractivity contribution in [3.63, 3.8) is 0 Å². The lowest BCUT2D eigenvalue weighted by Gasteiger charge is -2.12. The summed E-state index contributed by atoms with van der Waals surface area (Å²) in [5.41, 5.74) is 4.03. The van der Waals surface area contributed by atoms with Gasteiger partial charge in [-0.3, -0.25) is 0 Å². The molecule has 0 unspecified atom stereocenters. The summed E-state index contributed by atoms with van der Waals surface area (Å²) >= 11 is 19.9. The first-order chi connectivity index (χ1) is 61.1. The zero-order chi connectivity index (χ0) is 94.5. The Labute approximate surface area is 860 Å². The summed E-state index contributed by atoms with van der Waals surface area (Å²) in [6, 6.07) is 77.7. The predicted molar refractivity (Wildman–Crippen MR) is 559 cm³/mol. The average Bonchev–Trinajstić information content (AvgIpc) is 0.832. The number of aryl methyl sites for hydroxylation is 4. The Morgan fingerprint density at radius 1 is 0.217 bits per heavy atom. The van der Waals surface area contributed by atoms with Crippen molar-refractivity contribution in [2.75, 3.05) is 0 Å². The number of carbonyl (C=O) groups is 7. The number of hydrogen-bond acceptors (Lipinski definition) is 18. The molecule has 0 spiro atoms. The number of halogens is 9. The third-order valence-electron chi connectivity index (χ3n) is 16.7. The number of para-hydroxylation sites is 1. The van der Waals surface area contributed by atoms with Gasteiger partial charge in [-0.25, -0.2) is 33.6 Å². The van der Waals surface area contributed by atoms with E-state index in [-0.39, 0.29) is 61.9 Å². The summed E-state index contributed by atoms with van der Waals surface area (Å²) in [7, 11) is 0. The van der Waals surface area contributed by atoms with Gasteiger partial charge in [0, 0.05) is 49.3 Å². The first-order valence-electron chi connectivity index (χ1n) is 36.9. The van der Waals surface area contributed by atoms with Crippen molar-refractivity contribution in [1.82, 2.24) is 0 Å². The van der Waals surface area contributed by atoms with Crippen LogP contribution < -0.4 is 33.2 Å². The minimum atomic E-state index is -1.17. The zero-order valence-electron chi connectivity index (χ0n) is 67.1. The Hall–Kier alpha value is -10.3. The van der Waals surface area contributed by atoms with Gasteiger partial charge in [-0.15, -0.1) is 0 Å². The van der Waals surface area contributed by atoms with E-state index in [2.05, 4.69) is 203 Å². The summed E-state index contributed by atoms with van der Waals surface area (Å²) in [5.74, 6) is -1.16. The van der Waals surface area contributed by atoms with Gasteiger partial charge in [0.15, 0.2) is 0 Å². The third kappa shape index (κ3) is 33.9. The number of carboxylic acid groups (broad SMARTS) is 7. The van der Waals surface area contributed by atoms with E-state index in [0.717, 1.165) is 60.1 Å². The van der Waals surface area contributed by atoms with E-state index >= 15 is 0 Å². The fourth-order valence-corrected chi connectivity index (χ4v) is 17.7. The number of aromatic carboxylic acids is 7. The highest BCUT2D eigenvalue weighted by molar-refractivity contribution is 14.1. The molecule has 662 valence electrons. The minimum Gasteiger partial charge on any atom is -0.507 e. The third-order valence-corrected chi connectivity index (χ3v) is 23.0. The molecule has 0 atom stereocenters. The highest BCUT2D eigenvalue weighted by Crippen LogP contribution is 2.38. The molecular formula is C95H69I9O25. The molecule has 14 rings (SSSR count). The Balaban J connectivity index is 0.000000186. The van der Waals surface area contributed by atoms with E-state index < -0.39 is 41.8 Å². The summed E-state index contributed by atoms with van der Waals surface area (Å²) < 4.78 is 49.0. The molecule has 0 saturated heterocycles. The molecule has 129 heavy (non-hydrogen) atoms. The second kappa shape index (κ2) is 50.8. The van der Waals surface area contributed by atoms with E-state index in [1.54, 1.807) is 72.8 Å². The molecule has 0 saturated carbocycles. The molecule has 14 aromatic rings. The number of benzene rings is 14. The van der Waals surface area contributed by atoms with Gasteiger partial charge in [-0.2, -0.15) is 0 Å². The van der Waals surface area contributed by atoms with Crippen molar-refractivity contribution in [2.24, 2.45) is 0 Å². The minimum absolute atomic E-state index is 0.147. The summed E-state index contributed by atoms with van der Waals surface area (Å²) in [4.78, 5) is 75.8. The summed E-state index contributed by atoms with van der Waals surface area (Å²) in [6.45, 7) is 7.79. The molecule has 0 fully saturated rings. The van der Waals surface area contributed by atoms with Gasteiger partial charge in [0.1, 0.15) is 131 Å². The van der Waals surface area contributed by atoms with Crippen LogP contribution in [0.3, 0.4) is 0 Å². The van der Waals surface area contributed by atoms with Gasteiger partial charge in [-0.05, 0) is 484 Å². The smallest absolute Gasteiger partial charge is 0.339 e. The normalized spacial score (nSPS) is 10.1.